The lowest BCUT2D eigenvalue weighted by atomic mass is 10.0. The van der Waals surface area contributed by atoms with Crippen LogP contribution in [0.4, 0.5) is 0 Å². The summed E-state index contributed by atoms with van der Waals surface area (Å²) in [6.07, 6.45) is -1.57. The third kappa shape index (κ3) is 3.06. The van der Waals surface area contributed by atoms with E-state index in [-0.39, 0.29) is 40.9 Å². The molecule has 0 bridgehead atoms. The molecule has 1 aliphatic heterocycles. The molecule has 138 valence electrons. The zero-order chi connectivity index (χ0) is 18.8. The Morgan fingerprint density at radius 2 is 1.88 bits per heavy atom. The lowest BCUT2D eigenvalue weighted by Gasteiger charge is -2.34. The summed E-state index contributed by atoms with van der Waals surface area (Å²) in [5.41, 5.74) is 0.671. The topological polar surface area (TPSA) is 115 Å². The Bertz CT molecular complexity index is 832. The van der Waals surface area contributed by atoms with Crippen molar-refractivity contribution in [3.05, 3.63) is 41.5 Å². The van der Waals surface area contributed by atoms with Crippen LogP contribution in [0, 0.1) is 0 Å². The number of phenolic OH excluding ortho intramolecular Hbond substituents is 2. The van der Waals surface area contributed by atoms with E-state index in [0.29, 0.717) is 5.56 Å². The van der Waals surface area contributed by atoms with Gasteiger partial charge in [-0.2, -0.15) is 0 Å². The molecule has 2 aromatic rings. The van der Waals surface area contributed by atoms with Crippen LogP contribution >= 0.6 is 0 Å². The predicted octanol–water partition coefficient (Wildman–Crippen LogP) is 1.77. The Labute approximate surface area is 149 Å². The van der Waals surface area contributed by atoms with Crippen LogP contribution in [-0.4, -0.2) is 48.2 Å². The predicted molar refractivity (Wildman–Crippen MR) is 89.0 cm³/mol. The molecule has 0 radical (unpaired) electrons. The normalized spacial score (nSPS) is 18.3. The molecule has 0 saturated heterocycles. The van der Waals surface area contributed by atoms with Crippen molar-refractivity contribution in [2.45, 2.75) is 12.2 Å². The number of hydrogen-bond acceptors (Lipinski definition) is 8. The van der Waals surface area contributed by atoms with Gasteiger partial charge < -0.3 is 34.3 Å². The number of phenols is 2. The number of hydrogen-bond donors (Lipinski definition) is 3. The summed E-state index contributed by atoms with van der Waals surface area (Å²) in [7, 11) is 2.64. The summed E-state index contributed by atoms with van der Waals surface area (Å²) in [5, 5.41) is 29.5. The molecule has 3 N–H and O–H groups in total. The summed E-state index contributed by atoms with van der Waals surface area (Å²) in [6, 6.07) is 7.18. The van der Waals surface area contributed by atoms with Gasteiger partial charge in [-0.1, -0.05) is 6.07 Å². The van der Waals surface area contributed by atoms with Crippen molar-refractivity contribution in [2.24, 2.45) is 0 Å². The highest BCUT2D eigenvalue weighted by molar-refractivity contribution is 5.91. The summed E-state index contributed by atoms with van der Waals surface area (Å²) in [4.78, 5) is 11.7. The number of aromatic hydroxyl groups is 2. The van der Waals surface area contributed by atoms with Crippen LogP contribution in [0.15, 0.2) is 30.3 Å². The highest BCUT2D eigenvalue weighted by Gasteiger charge is 2.35. The fraction of sp³-hybridized carbons (Fsp3) is 0.278. The molecule has 1 heterocycles. The number of aliphatic hydroxyl groups is 1. The van der Waals surface area contributed by atoms with Gasteiger partial charge in [-0.3, -0.25) is 0 Å². The molecule has 0 aliphatic carbocycles. The molecular weight excluding hydrogens is 344 g/mol. The number of rotatable bonds is 4. The molecule has 0 aromatic heterocycles. The number of fused-ring (bicyclic) bond motifs is 1. The number of carbonyl (C=O) groups is 1. The zero-order valence-electron chi connectivity index (χ0n) is 14.1. The van der Waals surface area contributed by atoms with Crippen molar-refractivity contribution in [1.82, 2.24) is 0 Å². The molecule has 8 nitrogen and oxygen atoms in total. The largest absolute Gasteiger partial charge is 0.504 e. The van der Waals surface area contributed by atoms with E-state index in [1.54, 1.807) is 12.1 Å². The minimum atomic E-state index is -0.813. The van der Waals surface area contributed by atoms with Gasteiger partial charge in [0.2, 0.25) is 5.75 Å². The van der Waals surface area contributed by atoms with Crippen LogP contribution in [0.2, 0.25) is 0 Å². The Balaban J connectivity index is 2.02. The van der Waals surface area contributed by atoms with Crippen molar-refractivity contribution in [3.8, 4) is 28.7 Å². The van der Waals surface area contributed by atoms with Gasteiger partial charge in [-0.25, -0.2) is 4.79 Å². The quantitative estimate of drug-likeness (QED) is 0.705. The van der Waals surface area contributed by atoms with Crippen molar-refractivity contribution in [3.63, 3.8) is 0 Å². The van der Waals surface area contributed by atoms with E-state index >= 15 is 0 Å². The maximum atomic E-state index is 11.7. The van der Waals surface area contributed by atoms with Gasteiger partial charge in [0.25, 0.3) is 0 Å². The van der Waals surface area contributed by atoms with Crippen LogP contribution in [0.5, 0.6) is 28.7 Å². The minimum absolute atomic E-state index is 0.0266. The molecular formula is C18H18O8. The van der Waals surface area contributed by atoms with Gasteiger partial charge in [0.1, 0.15) is 0 Å². The van der Waals surface area contributed by atoms with Gasteiger partial charge >= 0.3 is 5.97 Å². The van der Waals surface area contributed by atoms with E-state index < -0.39 is 18.2 Å². The molecule has 0 fully saturated rings. The van der Waals surface area contributed by atoms with Crippen LogP contribution in [0.3, 0.4) is 0 Å². The number of carbonyl (C=O) groups excluding carboxylic acids is 1. The first kappa shape index (κ1) is 17.7. The van der Waals surface area contributed by atoms with E-state index in [2.05, 4.69) is 4.74 Å². The summed E-state index contributed by atoms with van der Waals surface area (Å²) < 4.78 is 21.3. The fourth-order valence-corrected chi connectivity index (χ4v) is 2.74. The molecule has 3 rings (SSSR count). The highest BCUT2D eigenvalue weighted by atomic mass is 16.6. The smallest absolute Gasteiger partial charge is 0.338 e. The molecule has 8 heteroatoms. The standard InChI is InChI=1S/C18H18O8/c1-23-13-6-9(3-4-11(13)20)16-15(8-19)26-17-12(21)5-10(18(22)24-2)7-14(17)25-16/h3-7,15-16,19-21H,8H2,1-2H3. The number of esters is 1. The Hall–Kier alpha value is -3.13. The van der Waals surface area contributed by atoms with E-state index in [4.69, 9.17) is 14.2 Å². The van der Waals surface area contributed by atoms with Crippen molar-refractivity contribution in [2.75, 3.05) is 20.8 Å². The van der Waals surface area contributed by atoms with Crippen molar-refractivity contribution >= 4 is 5.97 Å². The second kappa shape index (κ2) is 7.01. The maximum absolute atomic E-state index is 11.7. The van der Waals surface area contributed by atoms with E-state index in [1.807, 2.05) is 0 Å². The zero-order valence-corrected chi connectivity index (χ0v) is 14.1. The van der Waals surface area contributed by atoms with E-state index in [0.717, 1.165) is 0 Å². The first-order valence-electron chi connectivity index (χ1n) is 7.74. The average molecular weight is 362 g/mol. The first-order chi connectivity index (χ1) is 12.5. The number of methoxy groups -OCH3 is 2. The molecule has 0 amide bonds. The molecule has 0 spiro atoms. The molecule has 2 unspecified atom stereocenters. The number of aliphatic hydroxyl groups excluding tert-OH is 1. The monoisotopic (exact) mass is 362 g/mol. The summed E-state index contributed by atoms with van der Waals surface area (Å²) in [6.45, 7) is -0.383. The van der Waals surface area contributed by atoms with E-state index in [1.165, 1.54) is 32.4 Å². The van der Waals surface area contributed by atoms with Crippen molar-refractivity contribution < 1.29 is 39.1 Å². The third-order valence-electron chi connectivity index (χ3n) is 4.03. The number of ether oxygens (including phenoxy) is 4. The number of benzene rings is 2. The highest BCUT2D eigenvalue weighted by Crippen LogP contribution is 2.46. The third-order valence-corrected chi connectivity index (χ3v) is 4.03. The van der Waals surface area contributed by atoms with Crippen LogP contribution in [0.25, 0.3) is 0 Å². The molecule has 1 aliphatic rings. The Morgan fingerprint density at radius 1 is 1.12 bits per heavy atom. The maximum Gasteiger partial charge on any atom is 0.338 e. The van der Waals surface area contributed by atoms with Crippen LogP contribution < -0.4 is 14.2 Å². The van der Waals surface area contributed by atoms with E-state index in [9.17, 15) is 20.1 Å². The average Bonchev–Trinajstić information content (AvgIpc) is 2.66. The molecule has 2 atom stereocenters. The SMILES string of the molecule is COC(=O)c1cc(O)c2c(c1)OC(c1ccc(O)c(OC)c1)C(CO)O2. The molecule has 26 heavy (non-hydrogen) atoms. The van der Waals surface area contributed by atoms with Gasteiger partial charge in [0.15, 0.2) is 35.2 Å². The lowest BCUT2D eigenvalue weighted by Crippen LogP contribution is -2.36. The second-order valence-corrected chi connectivity index (χ2v) is 5.62. The second-order valence-electron chi connectivity index (χ2n) is 5.62. The fourth-order valence-electron chi connectivity index (χ4n) is 2.74. The van der Waals surface area contributed by atoms with Gasteiger partial charge in [-0.05, 0) is 24.3 Å². The minimum Gasteiger partial charge on any atom is -0.504 e. The van der Waals surface area contributed by atoms with Crippen molar-refractivity contribution in [1.29, 1.82) is 0 Å². The Kier molecular flexibility index (Phi) is 4.77. The van der Waals surface area contributed by atoms with Gasteiger partial charge in [-0.15, -0.1) is 0 Å². The summed E-state index contributed by atoms with van der Waals surface area (Å²) >= 11 is 0. The Morgan fingerprint density at radius 3 is 2.54 bits per heavy atom. The molecule has 2 aromatic carbocycles. The van der Waals surface area contributed by atoms with Crippen LogP contribution in [0.1, 0.15) is 22.0 Å². The van der Waals surface area contributed by atoms with Gasteiger partial charge in [0, 0.05) is 5.56 Å². The lowest BCUT2D eigenvalue weighted by molar-refractivity contribution is -0.0142. The molecule has 0 saturated carbocycles. The summed E-state index contributed by atoms with van der Waals surface area (Å²) in [5.74, 6) is -0.591. The van der Waals surface area contributed by atoms with Crippen LogP contribution in [-0.2, 0) is 4.74 Å². The van der Waals surface area contributed by atoms with Gasteiger partial charge in [0.05, 0.1) is 26.4 Å². The first-order valence-corrected chi connectivity index (χ1v) is 7.74.